The van der Waals surface area contributed by atoms with E-state index in [9.17, 15) is 9.18 Å². The second-order valence-corrected chi connectivity index (χ2v) is 7.47. The first-order valence-corrected chi connectivity index (χ1v) is 10.2. The lowest BCUT2D eigenvalue weighted by Crippen LogP contribution is -2.36. The van der Waals surface area contributed by atoms with Crippen LogP contribution in [0, 0.1) is 12.7 Å². The summed E-state index contributed by atoms with van der Waals surface area (Å²) in [5.41, 5.74) is 1.23. The number of hydrogen-bond donors (Lipinski definition) is 2. The van der Waals surface area contributed by atoms with Crippen molar-refractivity contribution >= 4 is 5.91 Å². The molecule has 6 nitrogen and oxygen atoms in total. The smallest absolute Gasteiger partial charge is 0.227 e. The summed E-state index contributed by atoms with van der Waals surface area (Å²) in [7, 11) is 0. The third kappa shape index (κ3) is 6.12. The molecule has 28 heavy (non-hydrogen) atoms. The third-order valence-corrected chi connectivity index (χ3v) is 5.19. The lowest BCUT2D eigenvalue weighted by molar-refractivity contribution is -0.121. The van der Waals surface area contributed by atoms with Crippen molar-refractivity contribution in [1.82, 2.24) is 20.8 Å². The second kappa shape index (κ2) is 10.3. The highest BCUT2D eigenvalue weighted by atomic mass is 19.1. The van der Waals surface area contributed by atoms with E-state index in [1.807, 2.05) is 0 Å². The van der Waals surface area contributed by atoms with Gasteiger partial charge < -0.3 is 15.2 Å². The fourth-order valence-electron chi connectivity index (χ4n) is 3.53. The summed E-state index contributed by atoms with van der Waals surface area (Å²) in [6.07, 6.45) is 8.44. The molecule has 0 unspecified atom stereocenters. The van der Waals surface area contributed by atoms with E-state index >= 15 is 0 Å². The molecule has 152 valence electrons. The maximum absolute atomic E-state index is 13.4. The number of carbonyl (C=O) groups is 1. The molecule has 0 saturated heterocycles. The molecule has 1 aromatic carbocycles. The SMILES string of the molecule is Cc1cc(-c2noc(CCC(=O)NCCNC3CCCCCC3)n2)ccc1F. The van der Waals surface area contributed by atoms with E-state index in [1.165, 1.54) is 44.6 Å². The van der Waals surface area contributed by atoms with E-state index in [0.29, 0.717) is 48.3 Å². The quantitative estimate of drug-likeness (QED) is 0.534. The van der Waals surface area contributed by atoms with Crippen LogP contribution in [0.4, 0.5) is 4.39 Å². The predicted molar refractivity (Wildman–Crippen MR) is 105 cm³/mol. The molecule has 1 saturated carbocycles. The Kier molecular flexibility index (Phi) is 7.54. The summed E-state index contributed by atoms with van der Waals surface area (Å²) in [4.78, 5) is 16.3. The Hall–Kier alpha value is -2.28. The number of hydrogen-bond acceptors (Lipinski definition) is 5. The van der Waals surface area contributed by atoms with Crippen LogP contribution in [0.1, 0.15) is 56.4 Å². The highest BCUT2D eigenvalue weighted by Crippen LogP contribution is 2.19. The molecule has 0 radical (unpaired) electrons. The zero-order valence-electron chi connectivity index (χ0n) is 16.5. The van der Waals surface area contributed by atoms with Crippen LogP contribution in [-0.2, 0) is 11.2 Å². The predicted octanol–water partition coefficient (Wildman–Crippen LogP) is 3.55. The van der Waals surface area contributed by atoms with Crippen molar-refractivity contribution in [2.75, 3.05) is 13.1 Å². The van der Waals surface area contributed by atoms with E-state index in [0.717, 1.165) is 6.54 Å². The number of amides is 1. The Bertz CT molecular complexity index is 770. The molecule has 0 bridgehead atoms. The third-order valence-electron chi connectivity index (χ3n) is 5.19. The summed E-state index contributed by atoms with van der Waals surface area (Å²) in [6.45, 7) is 3.11. The topological polar surface area (TPSA) is 80.0 Å². The van der Waals surface area contributed by atoms with Gasteiger partial charge in [0.1, 0.15) is 5.82 Å². The number of rotatable bonds is 8. The van der Waals surface area contributed by atoms with Crippen molar-refractivity contribution in [2.45, 2.75) is 64.3 Å². The molecule has 2 N–H and O–H groups in total. The largest absolute Gasteiger partial charge is 0.355 e. The van der Waals surface area contributed by atoms with Crippen molar-refractivity contribution in [2.24, 2.45) is 0 Å². The van der Waals surface area contributed by atoms with Gasteiger partial charge in [0, 0.05) is 37.5 Å². The van der Waals surface area contributed by atoms with Crippen molar-refractivity contribution in [3.63, 3.8) is 0 Å². The zero-order chi connectivity index (χ0) is 19.8. The molecule has 2 aromatic rings. The molecular formula is C21H29FN4O2. The normalized spacial score (nSPS) is 15.4. The summed E-state index contributed by atoms with van der Waals surface area (Å²) >= 11 is 0. The minimum absolute atomic E-state index is 0.0277. The number of carbonyl (C=O) groups excluding carboxylic acids is 1. The van der Waals surface area contributed by atoms with E-state index in [1.54, 1.807) is 19.1 Å². The Morgan fingerprint density at radius 3 is 2.75 bits per heavy atom. The Morgan fingerprint density at radius 1 is 1.21 bits per heavy atom. The number of halogens is 1. The van der Waals surface area contributed by atoms with Gasteiger partial charge in [0.05, 0.1) is 0 Å². The van der Waals surface area contributed by atoms with Crippen molar-refractivity contribution < 1.29 is 13.7 Å². The molecule has 1 aliphatic rings. The van der Waals surface area contributed by atoms with Gasteiger partial charge in [-0.1, -0.05) is 30.8 Å². The highest BCUT2D eigenvalue weighted by molar-refractivity contribution is 5.76. The van der Waals surface area contributed by atoms with Gasteiger partial charge in [0.15, 0.2) is 0 Å². The van der Waals surface area contributed by atoms with E-state index in [4.69, 9.17) is 4.52 Å². The second-order valence-electron chi connectivity index (χ2n) is 7.47. The van der Waals surface area contributed by atoms with Gasteiger partial charge in [-0.3, -0.25) is 4.79 Å². The first-order chi connectivity index (χ1) is 13.6. The van der Waals surface area contributed by atoms with Crippen LogP contribution >= 0.6 is 0 Å². The lowest BCUT2D eigenvalue weighted by Gasteiger charge is -2.16. The summed E-state index contributed by atoms with van der Waals surface area (Å²) < 4.78 is 18.6. The summed E-state index contributed by atoms with van der Waals surface area (Å²) in [5, 5.41) is 10.4. The number of nitrogens with zero attached hydrogens (tertiary/aromatic N) is 2. The van der Waals surface area contributed by atoms with Crippen LogP contribution in [0.3, 0.4) is 0 Å². The first-order valence-electron chi connectivity index (χ1n) is 10.2. The van der Waals surface area contributed by atoms with Crippen molar-refractivity contribution in [3.8, 4) is 11.4 Å². The molecule has 1 amide bonds. The maximum Gasteiger partial charge on any atom is 0.227 e. The molecule has 1 heterocycles. The lowest BCUT2D eigenvalue weighted by atomic mass is 10.1. The van der Waals surface area contributed by atoms with Crippen LogP contribution in [0.25, 0.3) is 11.4 Å². The van der Waals surface area contributed by atoms with E-state index < -0.39 is 0 Å². The fraction of sp³-hybridized carbons (Fsp3) is 0.571. The fourth-order valence-corrected chi connectivity index (χ4v) is 3.53. The number of benzene rings is 1. The Balaban J connectivity index is 1.36. The molecule has 7 heteroatoms. The number of nitrogens with one attached hydrogen (secondary N) is 2. The number of aryl methyl sites for hydroxylation is 2. The molecular weight excluding hydrogens is 359 g/mol. The van der Waals surface area contributed by atoms with Crippen LogP contribution < -0.4 is 10.6 Å². The van der Waals surface area contributed by atoms with Crippen molar-refractivity contribution in [1.29, 1.82) is 0 Å². The van der Waals surface area contributed by atoms with Crippen molar-refractivity contribution in [3.05, 3.63) is 35.5 Å². The first kappa shape index (κ1) is 20.5. The zero-order valence-corrected chi connectivity index (χ0v) is 16.5. The van der Waals surface area contributed by atoms with Crippen LogP contribution in [-0.4, -0.2) is 35.2 Å². The molecule has 0 aliphatic heterocycles. The van der Waals surface area contributed by atoms with Gasteiger partial charge in [0.25, 0.3) is 0 Å². The summed E-state index contributed by atoms with van der Waals surface area (Å²) in [5.74, 6) is 0.521. The monoisotopic (exact) mass is 388 g/mol. The standard InChI is InChI=1S/C21H29FN4O2/c1-15-14-16(8-9-18(15)22)21-25-20(28-26-21)11-10-19(27)24-13-12-23-17-6-4-2-3-5-7-17/h8-9,14,17,23H,2-7,10-13H2,1H3,(H,24,27). The molecule has 1 aliphatic carbocycles. The molecule has 1 fully saturated rings. The average Bonchev–Trinajstić information content (AvgIpc) is 3.01. The van der Waals surface area contributed by atoms with Crippen LogP contribution in [0.5, 0.6) is 0 Å². The Labute approximate surface area is 165 Å². The van der Waals surface area contributed by atoms with Gasteiger partial charge in [-0.05, 0) is 43.5 Å². The molecule has 1 aromatic heterocycles. The van der Waals surface area contributed by atoms with Gasteiger partial charge >= 0.3 is 0 Å². The van der Waals surface area contributed by atoms with E-state index in [2.05, 4.69) is 20.8 Å². The average molecular weight is 388 g/mol. The van der Waals surface area contributed by atoms with Gasteiger partial charge in [-0.25, -0.2) is 4.39 Å². The van der Waals surface area contributed by atoms with E-state index in [-0.39, 0.29) is 11.7 Å². The van der Waals surface area contributed by atoms with Crippen LogP contribution in [0.2, 0.25) is 0 Å². The van der Waals surface area contributed by atoms with Gasteiger partial charge in [0.2, 0.25) is 17.6 Å². The highest BCUT2D eigenvalue weighted by Gasteiger charge is 2.13. The Morgan fingerprint density at radius 2 is 2.00 bits per heavy atom. The van der Waals surface area contributed by atoms with Gasteiger partial charge in [-0.15, -0.1) is 0 Å². The maximum atomic E-state index is 13.4. The minimum Gasteiger partial charge on any atom is -0.355 e. The van der Waals surface area contributed by atoms with Crippen LogP contribution in [0.15, 0.2) is 22.7 Å². The molecule has 0 atom stereocenters. The molecule has 3 rings (SSSR count). The number of aromatic nitrogens is 2. The minimum atomic E-state index is -0.266. The van der Waals surface area contributed by atoms with Gasteiger partial charge in [-0.2, -0.15) is 4.98 Å². The summed E-state index contributed by atoms with van der Waals surface area (Å²) in [6, 6.07) is 5.27. The molecule has 0 spiro atoms.